The Labute approximate surface area is 111 Å². The van der Waals surface area contributed by atoms with Crippen molar-refractivity contribution < 1.29 is 24.6 Å². The molecule has 98 valence electrons. The summed E-state index contributed by atoms with van der Waals surface area (Å²) in [5, 5.41) is 21.4. The Morgan fingerprint density at radius 1 is 1.39 bits per heavy atom. The summed E-state index contributed by atoms with van der Waals surface area (Å²) in [5.41, 5.74) is 0. The second-order valence-corrected chi connectivity index (χ2v) is 5.23. The van der Waals surface area contributed by atoms with E-state index in [0.717, 1.165) is 11.8 Å². The van der Waals surface area contributed by atoms with Gasteiger partial charge < -0.3 is 15.5 Å². The number of carboxylic acid groups (broad SMARTS) is 2. The quantitative estimate of drug-likeness (QED) is 0.684. The molecule has 0 aromatic carbocycles. The monoisotopic (exact) mass is 289 g/mol. The minimum atomic E-state index is -1.18. The lowest BCUT2D eigenvalue weighted by Gasteiger charge is -2.12. The van der Waals surface area contributed by atoms with Gasteiger partial charge >= 0.3 is 11.9 Å². The van der Waals surface area contributed by atoms with Crippen molar-refractivity contribution in [1.82, 2.24) is 5.32 Å². The van der Waals surface area contributed by atoms with Crippen molar-refractivity contribution in [2.45, 2.75) is 6.04 Å². The molecule has 1 heterocycles. The van der Waals surface area contributed by atoms with Gasteiger partial charge in [-0.25, -0.2) is 4.79 Å². The van der Waals surface area contributed by atoms with Crippen LogP contribution in [0.1, 0.15) is 9.67 Å². The van der Waals surface area contributed by atoms with E-state index in [-0.39, 0.29) is 11.5 Å². The maximum atomic E-state index is 11.6. The summed E-state index contributed by atoms with van der Waals surface area (Å²) in [5.74, 6) is -2.85. The molecule has 0 aliphatic heterocycles. The maximum Gasteiger partial charge on any atom is 0.327 e. The lowest BCUT2D eigenvalue weighted by Crippen LogP contribution is -2.42. The Balaban J connectivity index is 2.50. The van der Waals surface area contributed by atoms with Gasteiger partial charge in [-0.1, -0.05) is 6.07 Å². The van der Waals surface area contributed by atoms with Gasteiger partial charge in [-0.15, -0.1) is 23.1 Å². The summed E-state index contributed by atoms with van der Waals surface area (Å²) in [6.45, 7) is 0. The van der Waals surface area contributed by atoms with Gasteiger partial charge in [-0.3, -0.25) is 9.59 Å². The van der Waals surface area contributed by atoms with Crippen molar-refractivity contribution in [2.24, 2.45) is 0 Å². The number of rotatable bonds is 7. The highest BCUT2D eigenvalue weighted by Crippen LogP contribution is 2.09. The van der Waals surface area contributed by atoms with Gasteiger partial charge in [0.1, 0.15) is 6.04 Å². The molecule has 18 heavy (non-hydrogen) atoms. The summed E-state index contributed by atoms with van der Waals surface area (Å²) in [6.07, 6.45) is 0. The lowest BCUT2D eigenvalue weighted by atomic mass is 10.3. The molecular formula is C10H11NO5S2. The number of nitrogens with one attached hydrogen (secondary N) is 1. The number of hydrogen-bond acceptors (Lipinski definition) is 5. The fourth-order valence-corrected chi connectivity index (χ4v) is 2.46. The highest BCUT2D eigenvalue weighted by Gasteiger charge is 2.21. The number of hydrogen-bond donors (Lipinski definition) is 3. The fraction of sp³-hybridized carbons (Fsp3) is 0.300. The molecule has 0 fully saturated rings. The van der Waals surface area contributed by atoms with E-state index in [1.54, 1.807) is 17.5 Å². The van der Waals surface area contributed by atoms with Crippen molar-refractivity contribution in [3.63, 3.8) is 0 Å². The molecule has 1 aromatic heterocycles. The molecule has 3 N–H and O–H groups in total. The third-order valence-electron chi connectivity index (χ3n) is 1.86. The van der Waals surface area contributed by atoms with Gasteiger partial charge in [-0.2, -0.15) is 0 Å². The van der Waals surface area contributed by atoms with E-state index < -0.39 is 23.9 Å². The second kappa shape index (κ2) is 7.02. The minimum absolute atomic E-state index is 0.0126. The molecule has 1 aromatic rings. The average molecular weight is 289 g/mol. The summed E-state index contributed by atoms with van der Waals surface area (Å²) < 4.78 is 0. The molecule has 8 heteroatoms. The first-order valence-electron chi connectivity index (χ1n) is 4.87. The highest BCUT2D eigenvalue weighted by atomic mass is 32.2. The molecule has 1 amide bonds. The zero-order valence-electron chi connectivity index (χ0n) is 9.16. The normalized spacial score (nSPS) is 11.8. The molecule has 0 unspecified atom stereocenters. The third kappa shape index (κ3) is 4.76. The zero-order chi connectivity index (χ0) is 13.5. The predicted molar refractivity (Wildman–Crippen MR) is 68.2 cm³/mol. The topological polar surface area (TPSA) is 104 Å². The zero-order valence-corrected chi connectivity index (χ0v) is 10.8. The summed E-state index contributed by atoms with van der Waals surface area (Å²) in [4.78, 5) is 33.3. The summed E-state index contributed by atoms with van der Waals surface area (Å²) >= 11 is 2.15. The Morgan fingerprint density at radius 2 is 2.11 bits per heavy atom. The summed E-state index contributed by atoms with van der Waals surface area (Å²) in [6, 6.07) is 2.18. The van der Waals surface area contributed by atoms with E-state index in [0.29, 0.717) is 4.88 Å². The predicted octanol–water partition coefficient (Wildman–Crippen LogP) is 0.749. The summed E-state index contributed by atoms with van der Waals surface area (Å²) in [7, 11) is 0. The number of thiophene rings is 1. The smallest absolute Gasteiger partial charge is 0.327 e. The van der Waals surface area contributed by atoms with Gasteiger partial charge in [0.15, 0.2) is 0 Å². The third-order valence-corrected chi connectivity index (χ3v) is 3.75. The Hall–Kier alpha value is -1.54. The van der Waals surface area contributed by atoms with Crippen LogP contribution >= 0.6 is 23.1 Å². The van der Waals surface area contributed by atoms with Crippen LogP contribution in [0.2, 0.25) is 0 Å². The van der Waals surface area contributed by atoms with Crippen LogP contribution in [0.5, 0.6) is 0 Å². The highest BCUT2D eigenvalue weighted by molar-refractivity contribution is 8.00. The minimum Gasteiger partial charge on any atom is -0.481 e. The van der Waals surface area contributed by atoms with Gasteiger partial charge in [-0.05, 0) is 11.4 Å². The molecule has 0 bridgehead atoms. The van der Waals surface area contributed by atoms with E-state index in [9.17, 15) is 14.4 Å². The van der Waals surface area contributed by atoms with Crippen molar-refractivity contribution in [3.05, 3.63) is 22.4 Å². The average Bonchev–Trinajstić information content (AvgIpc) is 2.80. The molecule has 0 aliphatic carbocycles. The SMILES string of the molecule is O=C(O)CSC[C@H](NC(=O)c1cccs1)C(=O)O. The van der Waals surface area contributed by atoms with E-state index in [1.807, 2.05) is 0 Å². The molecule has 1 atom stereocenters. The Kier molecular flexibility index (Phi) is 5.66. The fourth-order valence-electron chi connectivity index (χ4n) is 1.08. The number of aliphatic carboxylic acids is 2. The molecule has 0 saturated heterocycles. The van der Waals surface area contributed by atoms with Gasteiger partial charge in [0, 0.05) is 5.75 Å². The lowest BCUT2D eigenvalue weighted by molar-refractivity contribution is -0.138. The van der Waals surface area contributed by atoms with Gasteiger partial charge in [0.2, 0.25) is 0 Å². The maximum absolute atomic E-state index is 11.6. The van der Waals surface area contributed by atoms with Crippen molar-refractivity contribution in [1.29, 1.82) is 0 Å². The first-order valence-corrected chi connectivity index (χ1v) is 6.91. The van der Waals surface area contributed by atoms with E-state index in [1.165, 1.54) is 11.3 Å². The first-order chi connectivity index (χ1) is 8.50. The van der Waals surface area contributed by atoms with Crippen molar-refractivity contribution in [2.75, 3.05) is 11.5 Å². The number of carboxylic acids is 2. The van der Waals surface area contributed by atoms with Gasteiger partial charge in [0.05, 0.1) is 10.6 Å². The molecule has 6 nitrogen and oxygen atoms in total. The van der Waals surface area contributed by atoms with Crippen molar-refractivity contribution >= 4 is 40.9 Å². The molecule has 0 saturated carbocycles. The number of carbonyl (C=O) groups is 3. The van der Waals surface area contributed by atoms with Crippen molar-refractivity contribution in [3.8, 4) is 0 Å². The van der Waals surface area contributed by atoms with Crippen LogP contribution in [-0.4, -0.2) is 45.6 Å². The van der Waals surface area contributed by atoms with Crippen LogP contribution in [0.4, 0.5) is 0 Å². The molecule has 0 aliphatic rings. The van der Waals surface area contributed by atoms with Gasteiger partial charge in [0.25, 0.3) is 5.91 Å². The van der Waals surface area contributed by atoms with Crippen LogP contribution in [-0.2, 0) is 9.59 Å². The van der Waals surface area contributed by atoms with E-state index in [4.69, 9.17) is 10.2 Å². The number of carbonyl (C=O) groups excluding carboxylic acids is 1. The first kappa shape index (κ1) is 14.5. The van der Waals surface area contributed by atoms with Crippen LogP contribution in [0.3, 0.4) is 0 Å². The molecular weight excluding hydrogens is 278 g/mol. The van der Waals surface area contributed by atoms with E-state index >= 15 is 0 Å². The molecule has 0 radical (unpaired) electrons. The van der Waals surface area contributed by atoms with Crippen LogP contribution < -0.4 is 5.32 Å². The standard InChI is InChI=1S/C10H11NO5S2/c12-8(13)5-17-4-6(10(15)16)11-9(14)7-2-1-3-18-7/h1-3,6H,4-5H2,(H,11,14)(H,12,13)(H,15,16)/t6-/m0/s1. The number of amides is 1. The largest absolute Gasteiger partial charge is 0.481 e. The number of thioether (sulfide) groups is 1. The van der Waals surface area contributed by atoms with Crippen LogP contribution in [0.25, 0.3) is 0 Å². The van der Waals surface area contributed by atoms with Crippen LogP contribution in [0.15, 0.2) is 17.5 Å². The molecule has 1 rings (SSSR count). The molecule has 0 spiro atoms. The Bertz CT molecular complexity index is 431. The second-order valence-electron chi connectivity index (χ2n) is 3.25. The van der Waals surface area contributed by atoms with E-state index in [2.05, 4.69) is 5.32 Å². The Morgan fingerprint density at radius 3 is 2.61 bits per heavy atom. The van der Waals surface area contributed by atoms with Crippen LogP contribution in [0, 0.1) is 0 Å².